The zero-order valence-corrected chi connectivity index (χ0v) is 8.42. The molecule has 1 heterocycles. The van der Waals surface area contributed by atoms with Gasteiger partial charge in [-0.25, -0.2) is 0 Å². The molecular weight excluding hydrogens is 164 g/mol. The fourth-order valence-electron chi connectivity index (χ4n) is 0.985. The summed E-state index contributed by atoms with van der Waals surface area (Å²) in [6, 6.07) is 0. The molecule has 1 aliphatic heterocycles. The van der Waals surface area contributed by atoms with Crippen LogP contribution in [0.25, 0.3) is 0 Å². The number of carbonyl (C=O) groups excluding carboxylic acids is 1. The molecule has 0 aromatic heterocycles. The van der Waals surface area contributed by atoms with E-state index in [2.05, 4.69) is 16.4 Å². The maximum absolute atomic E-state index is 9.88. The number of hydrogen-bond donors (Lipinski definition) is 1. The van der Waals surface area contributed by atoms with Gasteiger partial charge in [0.05, 0.1) is 0 Å². The van der Waals surface area contributed by atoms with E-state index in [0.29, 0.717) is 13.0 Å². The molecular formula is C10H18N2O. The Hall–Kier alpha value is -1.12. The number of allylic oxidation sites excluding steroid dienone is 1. The predicted octanol–water partition coefficient (Wildman–Crippen LogP) is 1.90. The molecule has 13 heavy (non-hydrogen) atoms. The minimum Gasteiger partial charge on any atom is -0.358 e. The zero-order valence-electron chi connectivity index (χ0n) is 8.42. The molecule has 1 aliphatic rings. The van der Waals surface area contributed by atoms with Gasteiger partial charge in [0.1, 0.15) is 0 Å². The Labute approximate surface area is 79.9 Å². The first-order valence-corrected chi connectivity index (χ1v) is 4.82. The highest BCUT2D eigenvalue weighted by molar-refractivity contribution is 5.60. The Bertz CT molecular complexity index is 185. The number of rotatable bonds is 4. The normalized spacial score (nSPS) is 13.8. The van der Waals surface area contributed by atoms with Crippen molar-refractivity contribution in [3.8, 4) is 0 Å². The Morgan fingerprint density at radius 2 is 2.31 bits per heavy atom. The lowest BCUT2D eigenvalue weighted by Crippen LogP contribution is -2.12. The molecule has 0 aromatic carbocycles. The van der Waals surface area contributed by atoms with E-state index in [1.54, 1.807) is 0 Å². The Morgan fingerprint density at radius 3 is 2.85 bits per heavy atom. The molecule has 0 atom stereocenters. The molecule has 0 aliphatic carbocycles. The van der Waals surface area contributed by atoms with Gasteiger partial charge in [0.2, 0.25) is 6.41 Å². The quantitative estimate of drug-likeness (QED) is 0.523. The molecule has 1 amide bonds. The second kappa shape index (κ2) is 8.97. The molecule has 0 saturated heterocycles. The van der Waals surface area contributed by atoms with Crippen LogP contribution in [0.3, 0.4) is 0 Å². The summed E-state index contributed by atoms with van der Waals surface area (Å²) in [5.41, 5.74) is 1.09. The predicted molar refractivity (Wildman–Crippen MR) is 55.8 cm³/mol. The Balaban J connectivity index is 0.000000671. The van der Waals surface area contributed by atoms with Gasteiger partial charge in [-0.15, -0.1) is 0 Å². The number of nitrogens with one attached hydrogen (secondary N) is 1. The molecule has 0 unspecified atom stereocenters. The van der Waals surface area contributed by atoms with E-state index in [-0.39, 0.29) is 0 Å². The van der Waals surface area contributed by atoms with Crippen molar-refractivity contribution in [2.45, 2.75) is 33.1 Å². The van der Waals surface area contributed by atoms with Crippen molar-refractivity contribution in [2.24, 2.45) is 4.99 Å². The smallest absolute Gasteiger partial charge is 0.207 e. The van der Waals surface area contributed by atoms with Gasteiger partial charge in [-0.3, -0.25) is 9.79 Å². The Morgan fingerprint density at radius 1 is 1.54 bits per heavy atom. The van der Waals surface area contributed by atoms with Crippen LogP contribution >= 0.6 is 0 Å². The maximum atomic E-state index is 9.88. The van der Waals surface area contributed by atoms with E-state index in [4.69, 9.17) is 0 Å². The van der Waals surface area contributed by atoms with E-state index in [1.165, 1.54) is 0 Å². The van der Waals surface area contributed by atoms with Gasteiger partial charge in [0, 0.05) is 24.9 Å². The monoisotopic (exact) mass is 182 g/mol. The molecule has 3 heteroatoms. The SMILES string of the molecule is CC.O=CNCCC1=CCCC=N1. The highest BCUT2D eigenvalue weighted by atomic mass is 16.1. The summed E-state index contributed by atoms with van der Waals surface area (Å²) >= 11 is 0. The number of nitrogens with zero attached hydrogens (tertiary/aromatic N) is 1. The van der Waals surface area contributed by atoms with Crippen LogP contribution in [-0.2, 0) is 4.79 Å². The molecule has 0 radical (unpaired) electrons. The topological polar surface area (TPSA) is 41.5 Å². The second-order valence-corrected chi connectivity index (χ2v) is 2.41. The standard InChI is InChI=1S/C8H12N2O.C2H6/c11-7-9-6-4-8-3-1-2-5-10-8;1-2/h3,5,7H,1-2,4,6H2,(H,9,11);1-2H3. The summed E-state index contributed by atoms with van der Waals surface area (Å²) in [5.74, 6) is 0. The van der Waals surface area contributed by atoms with Crippen molar-refractivity contribution < 1.29 is 4.79 Å². The summed E-state index contributed by atoms with van der Waals surface area (Å²) < 4.78 is 0. The molecule has 1 N–H and O–H groups in total. The lowest BCUT2D eigenvalue weighted by molar-refractivity contribution is -0.109. The molecule has 0 fully saturated rings. The maximum Gasteiger partial charge on any atom is 0.207 e. The lowest BCUT2D eigenvalue weighted by Gasteiger charge is -2.04. The van der Waals surface area contributed by atoms with E-state index < -0.39 is 0 Å². The highest BCUT2D eigenvalue weighted by Gasteiger charge is 1.96. The van der Waals surface area contributed by atoms with Crippen molar-refractivity contribution in [1.82, 2.24) is 5.32 Å². The fourth-order valence-corrected chi connectivity index (χ4v) is 0.985. The van der Waals surface area contributed by atoms with Crippen LogP contribution in [-0.4, -0.2) is 19.2 Å². The summed E-state index contributed by atoms with van der Waals surface area (Å²) in [7, 11) is 0. The first-order valence-electron chi connectivity index (χ1n) is 4.82. The van der Waals surface area contributed by atoms with Gasteiger partial charge < -0.3 is 5.32 Å². The van der Waals surface area contributed by atoms with Crippen LogP contribution in [0, 0.1) is 0 Å². The van der Waals surface area contributed by atoms with Crippen molar-refractivity contribution in [3.63, 3.8) is 0 Å². The summed E-state index contributed by atoms with van der Waals surface area (Å²) in [4.78, 5) is 14.1. The van der Waals surface area contributed by atoms with Gasteiger partial charge in [-0.1, -0.05) is 19.9 Å². The molecule has 0 aromatic rings. The average Bonchev–Trinajstić information content (AvgIpc) is 2.23. The van der Waals surface area contributed by atoms with E-state index in [0.717, 1.165) is 25.0 Å². The van der Waals surface area contributed by atoms with E-state index in [1.807, 2.05) is 20.1 Å². The van der Waals surface area contributed by atoms with Crippen LogP contribution in [0.4, 0.5) is 0 Å². The number of aliphatic imine (C=N–C) groups is 1. The summed E-state index contributed by atoms with van der Waals surface area (Å²) in [5, 5.41) is 2.60. The third-order valence-electron chi connectivity index (χ3n) is 1.54. The van der Waals surface area contributed by atoms with Gasteiger partial charge in [0.15, 0.2) is 0 Å². The van der Waals surface area contributed by atoms with E-state index in [9.17, 15) is 4.79 Å². The third-order valence-corrected chi connectivity index (χ3v) is 1.54. The minimum atomic E-state index is 0.687. The number of amides is 1. The van der Waals surface area contributed by atoms with Crippen LogP contribution in [0.5, 0.6) is 0 Å². The largest absolute Gasteiger partial charge is 0.358 e. The van der Waals surface area contributed by atoms with Crippen molar-refractivity contribution in [1.29, 1.82) is 0 Å². The van der Waals surface area contributed by atoms with Crippen LogP contribution < -0.4 is 5.32 Å². The third kappa shape index (κ3) is 6.08. The van der Waals surface area contributed by atoms with Gasteiger partial charge in [-0.05, 0) is 12.8 Å². The first kappa shape index (κ1) is 11.9. The first-order chi connectivity index (χ1) is 6.43. The Kier molecular flexibility index (Phi) is 8.20. The van der Waals surface area contributed by atoms with Gasteiger partial charge in [0.25, 0.3) is 0 Å². The van der Waals surface area contributed by atoms with Crippen LogP contribution in [0.15, 0.2) is 16.8 Å². The van der Waals surface area contributed by atoms with Crippen LogP contribution in [0.1, 0.15) is 33.1 Å². The number of hydrogen-bond acceptors (Lipinski definition) is 2. The highest BCUT2D eigenvalue weighted by Crippen LogP contribution is 2.08. The van der Waals surface area contributed by atoms with E-state index >= 15 is 0 Å². The fraction of sp³-hybridized carbons (Fsp3) is 0.600. The average molecular weight is 182 g/mol. The lowest BCUT2D eigenvalue weighted by atomic mass is 10.2. The summed E-state index contributed by atoms with van der Waals surface area (Å²) in [6.07, 6.45) is 7.73. The molecule has 74 valence electrons. The van der Waals surface area contributed by atoms with Crippen molar-refractivity contribution >= 4 is 12.6 Å². The molecule has 3 nitrogen and oxygen atoms in total. The molecule has 0 spiro atoms. The number of carbonyl (C=O) groups is 1. The molecule has 0 bridgehead atoms. The molecule has 1 rings (SSSR count). The van der Waals surface area contributed by atoms with Crippen LogP contribution in [0.2, 0.25) is 0 Å². The second-order valence-electron chi connectivity index (χ2n) is 2.41. The van der Waals surface area contributed by atoms with Gasteiger partial charge >= 0.3 is 0 Å². The summed E-state index contributed by atoms with van der Waals surface area (Å²) in [6.45, 7) is 4.69. The zero-order chi connectivity index (χ0) is 9.94. The minimum absolute atomic E-state index is 0.687. The van der Waals surface area contributed by atoms with Crippen molar-refractivity contribution in [2.75, 3.05) is 6.54 Å². The van der Waals surface area contributed by atoms with Gasteiger partial charge in [-0.2, -0.15) is 0 Å². The molecule has 0 saturated carbocycles. The van der Waals surface area contributed by atoms with Crippen molar-refractivity contribution in [3.05, 3.63) is 11.8 Å².